The van der Waals surface area contributed by atoms with Crippen molar-refractivity contribution < 1.29 is 30.2 Å². The summed E-state index contributed by atoms with van der Waals surface area (Å²) in [6, 6.07) is 6.17. The van der Waals surface area contributed by atoms with Crippen LogP contribution in [0.1, 0.15) is 0 Å². The van der Waals surface area contributed by atoms with Gasteiger partial charge in [0.25, 0.3) is 6.47 Å². The second-order valence-electron chi connectivity index (χ2n) is 1.73. The van der Waals surface area contributed by atoms with Gasteiger partial charge >= 0.3 is 0 Å². The second-order valence-corrected chi connectivity index (χ2v) is 1.73. The van der Waals surface area contributed by atoms with Gasteiger partial charge in [0.2, 0.25) is 11.5 Å². The number of hydrogen-bond acceptors (Lipinski definition) is 5. The molecule has 0 fully saturated rings. The third-order valence-electron chi connectivity index (χ3n) is 1.05. The number of para-hydroxylation sites is 2. The first-order chi connectivity index (χ1) is 6.29. The van der Waals surface area contributed by atoms with E-state index in [-0.39, 0.29) is 18.0 Å². The molecule has 0 unspecified atom stereocenters. The van der Waals surface area contributed by atoms with Gasteiger partial charge in [0.1, 0.15) is 0 Å². The van der Waals surface area contributed by atoms with E-state index in [9.17, 15) is 0 Å². The van der Waals surface area contributed by atoms with Gasteiger partial charge in [-0.2, -0.15) is 0 Å². The highest BCUT2D eigenvalue weighted by Crippen LogP contribution is 2.24. The molecule has 6 heteroatoms. The van der Waals surface area contributed by atoms with Crippen molar-refractivity contribution in [3.05, 3.63) is 24.3 Å². The van der Waals surface area contributed by atoms with Crippen molar-refractivity contribution in [3.8, 4) is 11.5 Å². The topological polar surface area (TPSA) is 96.2 Å². The molecule has 0 aliphatic rings. The van der Waals surface area contributed by atoms with Crippen molar-refractivity contribution in [2.75, 3.05) is 0 Å². The summed E-state index contributed by atoms with van der Waals surface area (Å²) >= 11 is 0. The van der Waals surface area contributed by atoms with Crippen LogP contribution in [0.4, 0.5) is 0 Å². The smallest absolute Gasteiger partial charge is 0.290 e. The zero-order chi connectivity index (χ0) is 10.1. The molecule has 0 saturated carbocycles. The first-order valence-corrected chi connectivity index (χ1v) is 3.09. The van der Waals surface area contributed by atoms with E-state index in [4.69, 9.17) is 20.4 Å². The van der Waals surface area contributed by atoms with Crippen molar-refractivity contribution in [1.29, 1.82) is 0 Å². The van der Waals surface area contributed by atoms with Crippen molar-refractivity contribution in [1.82, 2.24) is 0 Å². The van der Waals surface area contributed by atoms with Gasteiger partial charge in [0.15, 0.2) is 0 Å². The van der Waals surface area contributed by atoms with Crippen LogP contribution < -0.4 is 9.78 Å². The molecule has 0 amide bonds. The predicted molar refractivity (Wildman–Crippen MR) is 41.6 cm³/mol. The molecule has 6 nitrogen and oxygen atoms in total. The maximum absolute atomic E-state index is 8.36. The van der Waals surface area contributed by atoms with Gasteiger partial charge in [0.05, 0.1) is 0 Å². The minimum Gasteiger partial charge on any atom is -0.483 e. The van der Waals surface area contributed by atoms with Crippen LogP contribution in [0, 0.1) is 0 Å². The van der Waals surface area contributed by atoms with E-state index in [0.717, 1.165) is 0 Å². The Morgan fingerprint density at radius 2 is 1.38 bits per heavy atom. The molecule has 1 rings (SSSR count). The fourth-order valence-electron chi connectivity index (χ4n) is 0.601. The highest BCUT2D eigenvalue weighted by molar-refractivity contribution is 5.38. The summed E-state index contributed by atoms with van der Waals surface area (Å²) in [5.74, 6) is 0.148. The lowest BCUT2D eigenvalue weighted by atomic mass is 10.3. The summed E-state index contributed by atoms with van der Waals surface area (Å²) in [6.45, 7) is -0.250. The zero-order valence-corrected chi connectivity index (χ0v) is 6.45. The molecule has 1 aromatic rings. The fourth-order valence-corrected chi connectivity index (χ4v) is 0.601. The minimum atomic E-state index is -0.250. The van der Waals surface area contributed by atoms with Crippen molar-refractivity contribution in [3.63, 3.8) is 0 Å². The quantitative estimate of drug-likeness (QED) is 0.365. The van der Waals surface area contributed by atoms with Gasteiger partial charge in [0, 0.05) is 0 Å². The molecule has 0 saturated heterocycles. The highest BCUT2D eigenvalue weighted by atomic mass is 17.1. The summed E-state index contributed by atoms with van der Waals surface area (Å²) in [5, 5.41) is 23.2. The molecule has 13 heavy (non-hydrogen) atoms. The average Bonchev–Trinajstić information content (AvgIpc) is 2.19. The first kappa shape index (κ1) is 11.2. The van der Waals surface area contributed by atoms with E-state index < -0.39 is 0 Å². The summed E-state index contributed by atoms with van der Waals surface area (Å²) in [6.07, 6.45) is 0. The Morgan fingerprint density at radius 1 is 1.08 bits per heavy atom. The van der Waals surface area contributed by atoms with Crippen LogP contribution >= 0.6 is 0 Å². The number of hydrogen-bond donors (Lipinski definition) is 3. The Morgan fingerprint density at radius 3 is 1.62 bits per heavy atom. The van der Waals surface area contributed by atoms with Crippen molar-refractivity contribution >= 4 is 6.47 Å². The number of rotatable bonds is 2. The molecule has 72 valence electrons. The zero-order valence-electron chi connectivity index (χ0n) is 6.45. The molecule has 1 aromatic carbocycles. The Kier molecular flexibility index (Phi) is 5.94. The molecule has 0 heterocycles. The summed E-state index contributed by atoms with van der Waals surface area (Å²) in [5.41, 5.74) is 0. The molecular weight excluding hydrogens is 180 g/mol. The van der Waals surface area contributed by atoms with Gasteiger partial charge in [-0.3, -0.25) is 4.79 Å². The maximum Gasteiger partial charge on any atom is 0.290 e. The van der Waals surface area contributed by atoms with Gasteiger partial charge < -0.3 is 14.9 Å². The first-order valence-electron chi connectivity index (χ1n) is 3.09. The summed E-state index contributed by atoms with van der Waals surface area (Å²) in [7, 11) is 0. The van der Waals surface area contributed by atoms with Crippen LogP contribution in [0.3, 0.4) is 0 Å². The number of benzene rings is 1. The maximum atomic E-state index is 8.36. The molecule has 0 atom stereocenters. The molecule has 0 spiro atoms. The highest BCUT2D eigenvalue weighted by Gasteiger charge is 2.01. The van der Waals surface area contributed by atoms with Crippen LogP contribution in [-0.2, 0) is 4.79 Å². The standard InChI is InChI=1S/C6H6O4.CH2O2/c7-9-5-3-1-2-4-6(5)10-8;2-1-3/h1-4,7-8H;1H,(H,2,3). The van der Waals surface area contributed by atoms with Crippen molar-refractivity contribution in [2.45, 2.75) is 0 Å². The van der Waals surface area contributed by atoms with E-state index in [1.165, 1.54) is 12.1 Å². The number of carboxylic acid groups (broad SMARTS) is 1. The molecular formula is C7H8O6. The molecule has 0 bridgehead atoms. The fraction of sp³-hybridized carbons (Fsp3) is 0. The van der Waals surface area contributed by atoms with Gasteiger partial charge in [-0.25, -0.2) is 10.5 Å². The molecule has 3 N–H and O–H groups in total. The predicted octanol–water partition coefficient (Wildman–Crippen LogP) is 1.09. The van der Waals surface area contributed by atoms with Crippen LogP contribution in [0.15, 0.2) is 24.3 Å². The van der Waals surface area contributed by atoms with Crippen LogP contribution in [0.2, 0.25) is 0 Å². The minimum absolute atomic E-state index is 0.0741. The average molecular weight is 188 g/mol. The van der Waals surface area contributed by atoms with Gasteiger partial charge in [-0.05, 0) is 12.1 Å². The lowest BCUT2D eigenvalue weighted by molar-refractivity contribution is -0.164. The molecule has 0 aromatic heterocycles. The van der Waals surface area contributed by atoms with E-state index in [1.807, 2.05) is 0 Å². The van der Waals surface area contributed by atoms with Crippen LogP contribution in [0.25, 0.3) is 0 Å². The van der Waals surface area contributed by atoms with E-state index in [0.29, 0.717) is 0 Å². The summed E-state index contributed by atoms with van der Waals surface area (Å²) < 4.78 is 0. The Labute approximate surface area is 73.4 Å². The van der Waals surface area contributed by atoms with E-state index in [2.05, 4.69) is 9.78 Å². The van der Waals surface area contributed by atoms with Gasteiger partial charge in [-0.1, -0.05) is 12.1 Å². The van der Waals surface area contributed by atoms with E-state index in [1.54, 1.807) is 12.1 Å². The van der Waals surface area contributed by atoms with Crippen molar-refractivity contribution in [2.24, 2.45) is 0 Å². The monoisotopic (exact) mass is 188 g/mol. The Balaban J connectivity index is 0.000000424. The second kappa shape index (κ2) is 6.89. The SMILES string of the molecule is O=CO.OOc1ccccc1OO. The van der Waals surface area contributed by atoms with Gasteiger partial charge in [-0.15, -0.1) is 0 Å². The lowest BCUT2D eigenvalue weighted by Gasteiger charge is -1.99. The normalized spacial score (nSPS) is 7.85. The third-order valence-corrected chi connectivity index (χ3v) is 1.05. The largest absolute Gasteiger partial charge is 0.483 e. The third kappa shape index (κ3) is 3.94. The van der Waals surface area contributed by atoms with Crippen LogP contribution in [0.5, 0.6) is 11.5 Å². The molecule has 0 aliphatic carbocycles. The Hall–Kier alpha value is -1.79. The van der Waals surface area contributed by atoms with Crippen LogP contribution in [-0.4, -0.2) is 22.1 Å². The number of carbonyl (C=O) groups is 1. The van der Waals surface area contributed by atoms with E-state index >= 15 is 0 Å². The molecule has 0 radical (unpaired) electrons. The lowest BCUT2D eigenvalue weighted by Crippen LogP contribution is -1.89. The molecule has 0 aliphatic heterocycles. The Bertz CT molecular complexity index is 225. The summed E-state index contributed by atoms with van der Waals surface area (Å²) in [4.78, 5) is 16.1.